The van der Waals surface area contributed by atoms with Gasteiger partial charge in [-0.15, -0.1) is 0 Å². The van der Waals surface area contributed by atoms with Crippen LogP contribution in [0.4, 0.5) is 0 Å². The van der Waals surface area contributed by atoms with Crippen LogP contribution >= 0.6 is 11.6 Å². The highest BCUT2D eigenvalue weighted by molar-refractivity contribution is 6.33. The third kappa shape index (κ3) is 3.86. The molecule has 2 heterocycles. The fourth-order valence-electron chi connectivity index (χ4n) is 3.39. The average Bonchev–Trinajstić information content (AvgIpc) is 2.92. The second-order valence-electron chi connectivity index (χ2n) is 6.76. The number of carbonyl (C=O) groups excluding carboxylic acids is 1. The SMILES string of the molecule is CN1CCN(C[C@@]2(O)CCN(C(=O)c3ccccc3Cl)C2)CC1. The number of halogens is 1. The number of nitrogens with zero attached hydrogens (tertiary/aromatic N) is 3. The number of amides is 1. The Hall–Kier alpha value is -1.14. The molecule has 0 bridgehead atoms. The van der Waals surface area contributed by atoms with Crippen LogP contribution in [0.25, 0.3) is 0 Å². The van der Waals surface area contributed by atoms with Crippen LogP contribution in [0.2, 0.25) is 5.02 Å². The maximum atomic E-state index is 12.6. The van der Waals surface area contributed by atoms with E-state index in [0.717, 1.165) is 26.2 Å². The summed E-state index contributed by atoms with van der Waals surface area (Å²) in [7, 11) is 2.12. The molecule has 1 atom stereocenters. The zero-order chi connectivity index (χ0) is 16.4. The maximum absolute atomic E-state index is 12.6. The average molecular weight is 338 g/mol. The first kappa shape index (κ1) is 16.7. The van der Waals surface area contributed by atoms with Crippen LogP contribution in [-0.4, -0.2) is 84.2 Å². The Labute approximate surface area is 142 Å². The Balaban J connectivity index is 1.61. The summed E-state index contributed by atoms with van der Waals surface area (Å²) in [5.74, 6) is -0.0927. The summed E-state index contributed by atoms with van der Waals surface area (Å²) in [5, 5.41) is 11.3. The number of benzene rings is 1. The van der Waals surface area contributed by atoms with Gasteiger partial charge in [-0.25, -0.2) is 0 Å². The molecule has 1 N–H and O–H groups in total. The summed E-state index contributed by atoms with van der Waals surface area (Å²) in [6, 6.07) is 7.09. The number of hydrogen-bond donors (Lipinski definition) is 1. The molecule has 2 saturated heterocycles. The summed E-state index contributed by atoms with van der Waals surface area (Å²) in [6.07, 6.45) is 0.621. The molecule has 0 unspecified atom stereocenters. The van der Waals surface area contributed by atoms with E-state index in [4.69, 9.17) is 11.6 Å². The van der Waals surface area contributed by atoms with Crippen LogP contribution in [-0.2, 0) is 0 Å². The Kier molecular flexibility index (Phi) is 4.92. The van der Waals surface area contributed by atoms with Crippen LogP contribution < -0.4 is 0 Å². The molecule has 23 heavy (non-hydrogen) atoms. The van der Waals surface area contributed by atoms with E-state index >= 15 is 0 Å². The highest BCUT2D eigenvalue weighted by atomic mass is 35.5. The highest BCUT2D eigenvalue weighted by Crippen LogP contribution is 2.26. The van der Waals surface area contributed by atoms with Gasteiger partial charge in [-0.3, -0.25) is 9.69 Å². The Morgan fingerprint density at radius 3 is 2.61 bits per heavy atom. The molecular weight excluding hydrogens is 314 g/mol. The minimum Gasteiger partial charge on any atom is -0.387 e. The first-order chi connectivity index (χ1) is 11.0. The largest absolute Gasteiger partial charge is 0.387 e. The predicted octanol–water partition coefficient (Wildman–Crippen LogP) is 1.16. The van der Waals surface area contributed by atoms with Gasteiger partial charge < -0.3 is 14.9 Å². The lowest BCUT2D eigenvalue weighted by atomic mass is 10.0. The lowest BCUT2D eigenvalue weighted by Gasteiger charge is -2.36. The molecule has 3 rings (SSSR count). The van der Waals surface area contributed by atoms with Crippen molar-refractivity contribution in [1.82, 2.24) is 14.7 Å². The molecule has 126 valence electrons. The second-order valence-corrected chi connectivity index (χ2v) is 7.17. The van der Waals surface area contributed by atoms with E-state index in [0.29, 0.717) is 36.6 Å². The quantitative estimate of drug-likeness (QED) is 0.899. The number of β-amino-alcohol motifs (C(OH)–C–C–N with tert-alkyl or cyclic N) is 1. The molecule has 1 amide bonds. The van der Waals surface area contributed by atoms with Crippen molar-refractivity contribution in [3.63, 3.8) is 0 Å². The summed E-state index contributed by atoms with van der Waals surface area (Å²) in [6.45, 7) is 5.58. The van der Waals surface area contributed by atoms with Gasteiger partial charge in [-0.2, -0.15) is 0 Å². The minimum absolute atomic E-state index is 0.0927. The monoisotopic (exact) mass is 337 g/mol. The molecule has 0 aliphatic carbocycles. The zero-order valence-corrected chi connectivity index (χ0v) is 14.3. The Bertz CT molecular complexity index is 575. The van der Waals surface area contributed by atoms with E-state index in [9.17, 15) is 9.90 Å². The normalized spacial score (nSPS) is 26.7. The van der Waals surface area contributed by atoms with Gasteiger partial charge in [-0.1, -0.05) is 23.7 Å². The van der Waals surface area contributed by atoms with Crippen LogP contribution in [0.3, 0.4) is 0 Å². The fourth-order valence-corrected chi connectivity index (χ4v) is 3.60. The molecule has 0 radical (unpaired) electrons. The number of rotatable bonds is 3. The van der Waals surface area contributed by atoms with Gasteiger partial charge in [0.2, 0.25) is 0 Å². The first-order valence-corrected chi connectivity index (χ1v) is 8.52. The van der Waals surface area contributed by atoms with Crippen molar-refractivity contribution in [2.75, 3.05) is 52.9 Å². The van der Waals surface area contributed by atoms with Crippen molar-refractivity contribution in [2.24, 2.45) is 0 Å². The van der Waals surface area contributed by atoms with Crippen LogP contribution in [0, 0.1) is 0 Å². The fraction of sp³-hybridized carbons (Fsp3) is 0.588. The van der Waals surface area contributed by atoms with Crippen molar-refractivity contribution in [3.8, 4) is 0 Å². The second kappa shape index (κ2) is 6.77. The molecule has 2 aliphatic heterocycles. The molecule has 1 aromatic carbocycles. The minimum atomic E-state index is -0.813. The van der Waals surface area contributed by atoms with E-state index in [1.165, 1.54) is 0 Å². The predicted molar refractivity (Wildman–Crippen MR) is 90.9 cm³/mol. The van der Waals surface area contributed by atoms with Gasteiger partial charge in [-0.05, 0) is 25.6 Å². The standard InChI is InChI=1S/C17H24ClN3O2/c1-19-8-10-20(11-9-19)12-17(23)6-7-21(13-17)16(22)14-4-2-3-5-15(14)18/h2-5,23H,6-13H2,1H3/t17-/m0/s1. The van der Waals surface area contributed by atoms with Gasteiger partial charge in [0.15, 0.2) is 0 Å². The molecule has 6 heteroatoms. The van der Waals surface area contributed by atoms with Gasteiger partial charge in [0.05, 0.1) is 22.7 Å². The number of hydrogen-bond acceptors (Lipinski definition) is 4. The van der Waals surface area contributed by atoms with E-state index in [1.54, 1.807) is 17.0 Å². The lowest BCUT2D eigenvalue weighted by Crippen LogP contribution is -2.52. The molecule has 0 aromatic heterocycles. The van der Waals surface area contributed by atoms with E-state index in [1.807, 2.05) is 12.1 Å². The number of piperazine rings is 1. The van der Waals surface area contributed by atoms with Crippen molar-refractivity contribution >= 4 is 17.5 Å². The van der Waals surface area contributed by atoms with Crippen LogP contribution in [0.15, 0.2) is 24.3 Å². The van der Waals surface area contributed by atoms with Crippen LogP contribution in [0.5, 0.6) is 0 Å². The molecule has 0 spiro atoms. The number of aliphatic hydroxyl groups is 1. The molecule has 2 aliphatic rings. The first-order valence-electron chi connectivity index (χ1n) is 8.14. The van der Waals surface area contributed by atoms with Gasteiger partial charge in [0.25, 0.3) is 5.91 Å². The van der Waals surface area contributed by atoms with Gasteiger partial charge in [0.1, 0.15) is 0 Å². The number of likely N-dealkylation sites (N-methyl/N-ethyl adjacent to an activating group) is 1. The van der Waals surface area contributed by atoms with Gasteiger partial charge >= 0.3 is 0 Å². The third-order valence-electron chi connectivity index (χ3n) is 4.84. The zero-order valence-electron chi connectivity index (χ0n) is 13.5. The van der Waals surface area contributed by atoms with Gasteiger partial charge in [0, 0.05) is 39.3 Å². The molecular formula is C17H24ClN3O2. The molecule has 1 aromatic rings. The van der Waals surface area contributed by atoms with Crippen molar-refractivity contribution in [2.45, 2.75) is 12.0 Å². The van der Waals surface area contributed by atoms with Crippen molar-refractivity contribution in [3.05, 3.63) is 34.9 Å². The van der Waals surface area contributed by atoms with E-state index in [-0.39, 0.29) is 5.91 Å². The lowest BCUT2D eigenvalue weighted by molar-refractivity contribution is 0.000526. The Morgan fingerprint density at radius 1 is 1.22 bits per heavy atom. The number of likely N-dealkylation sites (tertiary alicyclic amines) is 1. The van der Waals surface area contributed by atoms with Crippen LogP contribution in [0.1, 0.15) is 16.8 Å². The smallest absolute Gasteiger partial charge is 0.255 e. The molecule has 5 nitrogen and oxygen atoms in total. The number of carbonyl (C=O) groups is 1. The van der Waals surface area contributed by atoms with E-state index < -0.39 is 5.60 Å². The highest BCUT2D eigenvalue weighted by Gasteiger charge is 2.40. The maximum Gasteiger partial charge on any atom is 0.255 e. The summed E-state index contributed by atoms with van der Waals surface area (Å²) < 4.78 is 0. The molecule has 2 fully saturated rings. The van der Waals surface area contributed by atoms with Crippen molar-refractivity contribution in [1.29, 1.82) is 0 Å². The van der Waals surface area contributed by atoms with Crippen molar-refractivity contribution < 1.29 is 9.90 Å². The summed E-state index contributed by atoms with van der Waals surface area (Å²) in [5.41, 5.74) is -0.301. The molecule has 0 saturated carbocycles. The summed E-state index contributed by atoms with van der Waals surface area (Å²) >= 11 is 6.12. The Morgan fingerprint density at radius 2 is 1.91 bits per heavy atom. The van der Waals surface area contributed by atoms with E-state index in [2.05, 4.69) is 16.8 Å². The topological polar surface area (TPSA) is 47.0 Å². The third-order valence-corrected chi connectivity index (χ3v) is 5.17. The summed E-state index contributed by atoms with van der Waals surface area (Å²) in [4.78, 5) is 18.9.